The maximum absolute atomic E-state index is 12.3. The van der Waals surface area contributed by atoms with Gasteiger partial charge in [0.25, 0.3) is 5.91 Å². The number of carbonyl (C=O) groups is 1. The zero-order valence-electron chi connectivity index (χ0n) is 14.5. The van der Waals surface area contributed by atoms with Crippen LogP contribution in [-0.2, 0) is 19.4 Å². The summed E-state index contributed by atoms with van der Waals surface area (Å²) in [5.74, 6) is 1.30. The highest BCUT2D eigenvalue weighted by Gasteiger charge is 2.16. The molecule has 0 saturated heterocycles. The first-order valence-corrected chi connectivity index (χ1v) is 8.51. The molecule has 1 amide bonds. The number of fused-ring (bicyclic) bond motifs is 1. The number of nitrogens with one attached hydrogen (secondary N) is 1. The fourth-order valence-corrected chi connectivity index (χ4v) is 2.95. The first kappa shape index (κ1) is 16.5. The van der Waals surface area contributed by atoms with Crippen molar-refractivity contribution >= 4 is 5.91 Å². The van der Waals surface area contributed by atoms with E-state index in [-0.39, 0.29) is 11.8 Å². The zero-order valence-corrected chi connectivity index (χ0v) is 14.5. The van der Waals surface area contributed by atoms with Crippen molar-refractivity contribution < 1.29 is 4.79 Å². The molecule has 1 aliphatic rings. The van der Waals surface area contributed by atoms with E-state index in [2.05, 4.69) is 25.3 Å². The van der Waals surface area contributed by atoms with Crippen LogP contribution < -0.4 is 5.32 Å². The van der Waals surface area contributed by atoms with Crippen LogP contribution in [0.15, 0.2) is 12.3 Å². The number of amides is 1. The van der Waals surface area contributed by atoms with Gasteiger partial charge in [0.05, 0.1) is 6.54 Å². The van der Waals surface area contributed by atoms with Crippen molar-refractivity contribution in [3.05, 3.63) is 46.6 Å². The van der Waals surface area contributed by atoms with Crippen LogP contribution in [0.4, 0.5) is 0 Å². The molecule has 126 valence electrons. The Kier molecular flexibility index (Phi) is 4.83. The van der Waals surface area contributed by atoms with E-state index in [0.29, 0.717) is 23.9 Å². The van der Waals surface area contributed by atoms with Crippen LogP contribution in [0.5, 0.6) is 0 Å². The summed E-state index contributed by atoms with van der Waals surface area (Å²) in [5, 5.41) is 2.86. The molecular weight excluding hydrogens is 302 g/mol. The summed E-state index contributed by atoms with van der Waals surface area (Å²) in [4.78, 5) is 30.0. The van der Waals surface area contributed by atoms with E-state index in [9.17, 15) is 4.79 Å². The van der Waals surface area contributed by atoms with E-state index >= 15 is 0 Å². The fourth-order valence-electron chi connectivity index (χ4n) is 2.95. The Hall–Kier alpha value is -2.37. The van der Waals surface area contributed by atoms with Gasteiger partial charge in [-0.25, -0.2) is 19.9 Å². The molecule has 0 aromatic carbocycles. The second-order valence-corrected chi connectivity index (χ2v) is 6.50. The molecular formula is C18H23N5O. The molecule has 2 aromatic heterocycles. The van der Waals surface area contributed by atoms with Crippen molar-refractivity contribution in [2.24, 2.45) is 0 Å². The van der Waals surface area contributed by atoms with Gasteiger partial charge in [-0.05, 0) is 44.2 Å². The highest BCUT2D eigenvalue weighted by Crippen LogP contribution is 2.21. The van der Waals surface area contributed by atoms with Crippen molar-refractivity contribution in [1.82, 2.24) is 25.3 Å². The molecule has 0 spiro atoms. The monoisotopic (exact) mass is 325 g/mol. The highest BCUT2D eigenvalue weighted by molar-refractivity contribution is 5.92. The summed E-state index contributed by atoms with van der Waals surface area (Å²) in [6.45, 7) is 6.34. The number of hydrogen-bond acceptors (Lipinski definition) is 5. The summed E-state index contributed by atoms with van der Waals surface area (Å²) in [7, 11) is 0. The number of nitrogens with zero attached hydrogens (tertiary/aromatic N) is 4. The number of aryl methyl sites for hydroxylation is 2. The van der Waals surface area contributed by atoms with Crippen LogP contribution in [0, 0.1) is 6.92 Å². The Morgan fingerprint density at radius 2 is 2.00 bits per heavy atom. The van der Waals surface area contributed by atoms with Gasteiger partial charge in [0.15, 0.2) is 0 Å². The van der Waals surface area contributed by atoms with Crippen LogP contribution in [-0.4, -0.2) is 25.8 Å². The molecule has 24 heavy (non-hydrogen) atoms. The molecule has 2 heterocycles. The second-order valence-electron chi connectivity index (χ2n) is 6.50. The Morgan fingerprint density at radius 3 is 2.79 bits per heavy atom. The fraction of sp³-hybridized carbons (Fsp3) is 0.500. The van der Waals surface area contributed by atoms with Gasteiger partial charge in [0.2, 0.25) is 0 Å². The zero-order chi connectivity index (χ0) is 17.1. The number of rotatable bonds is 4. The highest BCUT2D eigenvalue weighted by atomic mass is 16.1. The molecule has 0 aliphatic heterocycles. The molecule has 1 aliphatic carbocycles. The van der Waals surface area contributed by atoms with Crippen LogP contribution in [0.25, 0.3) is 0 Å². The largest absolute Gasteiger partial charge is 0.343 e. The smallest absolute Gasteiger partial charge is 0.270 e. The van der Waals surface area contributed by atoms with Gasteiger partial charge in [-0.2, -0.15) is 0 Å². The molecule has 0 saturated carbocycles. The van der Waals surface area contributed by atoms with Gasteiger partial charge in [-0.1, -0.05) is 13.8 Å². The van der Waals surface area contributed by atoms with Crippen molar-refractivity contribution in [3.63, 3.8) is 0 Å². The summed E-state index contributed by atoms with van der Waals surface area (Å²) >= 11 is 0. The van der Waals surface area contributed by atoms with Crippen LogP contribution >= 0.6 is 0 Å². The molecule has 0 atom stereocenters. The second kappa shape index (κ2) is 7.03. The van der Waals surface area contributed by atoms with Gasteiger partial charge in [-0.3, -0.25) is 4.79 Å². The Morgan fingerprint density at radius 1 is 1.21 bits per heavy atom. The van der Waals surface area contributed by atoms with Gasteiger partial charge in [0.1, 0.15) is 17.3 Å². The third-order valence-corrected chi connectivity index (χ3v) is 4.27. The van der Waals surface area contributed by atoms with E-state index in [1.807, 2.05) is 20.8 Å². The maximum atomic E-state index is 12.3. The topological polar surface area (TPSA) is 80.7 Å². The standard InChI is InChI=1S/C18H23N5O/c1-11(2)17-19-9-8-15(23-17)18(24)20-10-16-21-12(3)13-6-4-5-7-14(13)22-16/h8-9,11H,4-7,10H2,1-3H3,(H,20,24). The van der Waals surface area contributed by atoms with E-state index in [4.69, 9.17) is 0 Å². The van der Waals surface area contributed by atoms with Crippen LogP contribution in [0.1, 0.15) is 71.7 Å². The predicted molar refractivity (Wildman–Crippen MR) is 90.7 cm³/mol. The molecule has 6 heteroatoms. The van der Waals surface area contributed by atoms with Gasteiger partial charge in [0, 0.05) is 23.5 Å². The van der Waals surface area contributed by atoms with Gasteiger partial charge >= 0.3 is 0 Å². The number of aromatic nitrogens is 4. The van der Waals surface area contributed by atoms with Crippen molar-refractivity contribution in [2.75, 3.05) is 0 Å². The van der Waals surface area contributed by atoms with Crippen LogP contribution in [0.2, 0.25) is 0 Å². The molecule has 0 radical (unpaired) electrons. The average Bonchev–Trinajstić information content (AvgIpc) is 2.60. The molecule has 2 aromatic rings. The average molecular weight is 325 g/mol. The summed E-state index contributed by atoms with van der Waals surface area (Å²) in [6, 6.07) is 1.63. The molecule has 0 fully saturated rings. The Labute approximate surface area is 142 Å². The minimum Gasteiger partial charge on any atom is -0.343 e. The minimum atomic E-state index is -0.224. The minimum absolute atomic E-state index is 0.185. The first-order valence-electron chi connectivity index (χ1n) is 8.51. The molecule has 6 nitrogen and oxygen atoms in total. The summed E-state index contributed by atoms with van der Waals surface area (Å²) in [5.41, 5.74) is 3.84. The van der Waals surface area contributed by atoms with E-state index in [1.54, 1.807) is 12.3 Å². The summed E-state index contributed by atoms with van der Waals surface area (Å²) in [6.07, 6.45) is 6.07. The number of carbonyl (C=O) groups excluding carboxylic acids is 1. The van der Waals surface area contributed by atoms with E-state index in [1.165, 1.54) is 18.4 Å². The lowest BCUT2D eigenvalue weighted by Crippen LogP contribution is -2.26. The Bertz CT molecular complexity index is 757. The Balaban J connectivity index is 1.70. The molecule has 3 rings (SSSR count). The van der Waals surface area contributed by atoms with Gasteiger partial charge < -0.3 is 5.32 Å². The molecule has 0 unspecified atom stereocenters. The lowest BCUT2D eigenvalue weighted by atomic mass is 9.95. The lowest BCUT2D eigenvalue weighted by Gasteiger charge is -2.17. The summed E-state index contributed by atoms with van der Waals surface area (Å²) < 4.78 is 0. The van der Waals surface area contributed by atoms with Crippen molar-refractivity contribution in [1.29, 1.82) is 0 Å². The normalized spacial score (nSPS) is 13.7. The van der Waals surface area contributed by atoms with Gasteiger partial charge in [-0.15, -0.1) is 0 Å². The predicted octanol–water partition coefficient (Wildman–Crippen LogP) is 2.51. The molecule has 0 bridgehead atoms. The first-order chi connectivity index (χ1) is 11.5. The lowest BCUT2D eigenvalue weighted by molar-refractivity contribution is 0.0944. The van der Waals surface area contributed by atoms with E-state index in [0.717, 1.165) is 24.2 Å². The van der Waals surface area contributed by atoms with Crippen molar-refractivity contribution in [2.45, 2.75) is 58.9 Å². The maximum Gasteiger partial charge on any atom is 0.270 e. The third kappa shape index (κ3) is 3.58. The molecule has 1 N–H and O–H groups in total. The van der Waals surface area contributed by atoms with E-state index < -0.39 is 0 Å². The quantitative estimate of drug-likeness (QED) is 0.934. The third-order valence-electron chi connectivity index (χ3n) is 4.27. The van der Waals surface area contributed by atoms with Crippen molar-refractivity contribution in [3.8, 4) is 0 Å². The van der Waals surface area contributed by atoms with Crippen LogP contribution in [0.3, 0.4) is 0 Å². The number of hydrogen-bond donors (Lipinski definition) is 1. The SMILES string of the molecule is Cc1nc(CNC(=O)c2ccnc(C(C)C)n2)nc2c1CCCC2.